The zero-order valence-electron chi connectivity index (χ0n) is 17.1. The molecule has 2 atom stereocenters. The van der Waals surface area contributed by atoms with Crippen LogP contribution in [0.5, 0.6) is 0 Å². The first kappa shape index (κ1) is 24.2. The second kappa shape index (κ2) is 12.0. The molecule has 0 bridgehead atoms. The minimum Gasteiger partial charge on any atom is -0.480 e. The Bertz CT molecular complexity index is 932. The van der Waals surface area contributed by atoms with E-state index in [-0.39, 0.29) is 6.54 Å². The standard InChI is InChI=1S/C20H27N5O5S/c1-31-7-6-16(20(30)24-10-17(26)23-11-18(27)28)25-19(29)14(21)8-12-9-22-15-5-3-2-4-13(12)15/h2-5,9,14,16,22H,6-8,10-11,21H2,1H3,(H,23,26)(H,24,30)(H,25,29)(H,27,28). The Hall–Kier alpha value is -3.05. The van der Waals surface area contributed by atoms with Gasteiger partial charge >= 0.3 is 5.97 Å². The molecule has 0 aliphatic carbocycles. The summed E-state index contributed by atoms with van der Waals surface area (Å²) in [7, 11) is 0. The van der Waals surface area contributed by atoms with Crippen molar-refractivity contribution in [1.29, 1.82) is 0 Å². The number of carbonyl (C=O) groups is 4. The lowest BCUT2D eigenvalue weighted by Crippen LogP contribution is -2.53. The quantitative estimate of drug-likeness (QED) is 0.256. The van der Waals surface area contributed by atoms with Gasteiger partial charge in [0.25, 0.3) is 0 Å². The Morgan fingerprint density at radius 2 is 1.87 bits per heavy atom. The largest absolute Gasteiger partial charge is 0.480 e. The van der Waals surface area contributed by atoms with E-state index in [4.69, 9.17) is 10.8 Å². The second-order valence-corrected chi connectivity index (χ2v) is 7.89. The van der Waals surface area contributed by atoms with Crippen molar-refractivity contribution in [2.75, 3.05) is 25.1 Å². The number of carboxylic acids is 1. The number of aliphatic carboxylic acids is 1. The zero-order valence-corrected chi connectivity index (χ0v) is 18.0. The summed E-state index contributed by atoms with van der Waals surface area (Å²) in [6, 6.07) is 5.96. The van der Waals surface area contributed by atoms with Crippen molar-refractivity contribution in [2.24, 2.45) is 5.73 Å². The number of fused-ring (bicyclic) bond motifs is 1. The molecule has 2 unspecified atom stereocenters. The summed E-state index contributed by atoms with van der Waals surface area (Å²) in [5, 5.41) is 16.8. The van der Waals surface area contributed by atoms with Gasteiger partial charge in [-0.25, -0.2) is 0 Å². The number of thioether (sulfide) groups is 1. The second-order valence-electron chi connectivity index (χ2n) is 6.90. The number of aromatic nitrogens is 1. The first-order chi connectivity index (χ1) is 14.8. The first-order valence-electron chi connectivity index (χ1n) is 9.68. The van der Waals surface area contributed by atoms with Gasteiger partial charge < -0.3 is 31.8 Å². The number of nitrogens with two attached hydrogens (primary N) is 1. The number of hydrogen-bond acceptors (Lipinski definition) is 6. The highest BCUT2D eigenvalue weighted by Gasteiger charge is 2.24. The van der Waals surface area contributed by atoms with E-state index >= 15 is 0 Å². The minimum absolute atomic E-state index is 0.296. The topological polar surface area (TPSA) is 166 Å². The molecule has 11 heteroatoms. The molecule has 0 fully saturated rings. The lowest BCUT2D eigenvalue weighted by atomic mass is 10.0. The summed E-state index contributed by atoms with van der Waals surface area (Å²) >= 11 is 1.51. The highest BCUT2D eigenvalue weighted by molar-refractivity contribution is 7.98. The fraction of sp³-hybridized carbons (Fsp3) is 0.400. The van der Waals surface area contributed by atoms with Gasteiger partial charge in [0.05, 0.1) is 12.6 Å². The molecule has 0 spiro atoms. The number of nitrogens with one attached hydrogen (secondary N) is 4. The van der Waals surface area contributed by atoms with Crippen molar-refractivity contribution in [2.45, 2.75) is 24.9 Å². The molecule has 1 heterocycles. The third-order valence-corrected chi connectivity index (χ3v) is 5.20. The van der Waals surface area contributed by atoms with Gasteiger partial charge in [-0.05, 0) is 36.5 Å². The first-order valence-corrected chi connectivity index (χ1v) is 11.1. The fourth-order valence-electron chi connectivity index (χ4n) is 2.94. The number of benzene rings is 1. The maximum Gasteiger partial charge on any atom is 0.322 e. The number of rotatable bonds is 12. The van der Waals surface area contributed by atoms with Gasteiger partial charge in [-0.15, -0.1) is 0 Å². The number of para-hydroxylation sites is 1. The van der Waals surface area contributed by atoms with Crippen molar-refractivity contribution in [3.05, 3.63) is 36.0 Å². The van der Waals surface area contributed by atoms with Crippen molar-refractivity contribution in [1.82, 2.24) is 20.9 Å². The maximum atomic E-state index is 12.6. The zero-order chi connectivity index (χ0) is 22.8. The van der Waals surface area contributed by atoms with E-state index in [0.717, 1.165) is 16.5 Å². The molecule has 2 aromatic rings. The molecule has 1 aromatic heterocycles. The average Bonchev–Trinajstić information content (AvgIpc) is 3.16. The van der Waals surface area contributed by atoms with Crippen LogP contribution < -0.4 is 21.7 Å². The molecule has 0 aliphatic heterocycles. The number of amides is 3. The highest BCUT2D eigenvalue weighted by atomic mass is 32.2. The summed E-state index contributed by atoms with van der Waals surface area (Å²) in [6.07, 6.45) is 4.34. The number of carbonyl (C=O) groups excluding carboxylic acids is 3. The molecule has 31 heavy (non-hydrogen) atoms. The van der Waals surface area contributed by atoms with E-state index in [2.05, 4.69) is 20.9 Å². The van der Waals surface area contributed by atoms with Crippen LogP contribution in [0.4, 0.5) is 0 Å². The van der Waals surface area contributed by atoms with Crippen LogP contribution in [0, 0.1) is 0 Å². The SMILES string of the molecule is CSCCC(NC(=O)C(N)Cc1c[nH]c2ccccc12)C(=O)NCC(=O)NCC(=O)O. The van der Waals surface area contributed by atoms with Crippen molar-refractivity contribution in [3.63, 3.8) is 0 Å². The smallest absolute Gasteiger partial charge is 0.322 e. The van der Waals surface area contributed by atoms with Crippen LogP contribution in [0.2, 0.25) is 0 Å². The monoisotopic (exact) mass is 449 g/mol. The van der Waals surface area contributed by atoms with Crippen LogP contribution in [0.25, 0.3) is 10.9 Å². The molecule has 1 aromatic carbocycles. The number of hydrogen-bond donors (Lipinski definition) is 6. The van der Waals surface area contributed by atoms with Gasteiger partial charge in [0.2, 0.25) is 17.7 Å². The van der Waals surface area contributed by atoms with E-state index in [1.807, 2.05) is 36.7 Å². The molecule has 3 amide bonds. The molecule has 7 N–H and O–H groups in total. The molecule has 0 aliphatic rings. The van der Waals surface area contributed by atoms with Gasteiger partial charge in [-0.1, -0.05) is 18.2 Å². The minimum atomic E-state index is -1.19. The molecule has 0 saturated heterocycles. The van der Waals surface area contributed by atoms with E-state index in [0.29, 0.717) is 18.6 Å². The summed E-state index contributed by atoms with van der Waals surface area (Å²) in [6.45, 7) is -0.927. The van der Waals surface area contributed by atoms with Crippen molar-refractivity contribution < 1.29 is 24.3 Å². The number of aromatic amines is 1. The van der Waals surface area contributed by atoms with Crippen LogP contribution in [0.15, 0.2) is 30.5 Å². The Morgan fingerprint density at radius 3 is 2.58 bits per heavy atom. The molecule has 0 saturated carbocycles. The average molecular weight is 450 g/mol. The predicted octanol–water partition coefficient (Wildman–Crippen LogP) is -0.407. The third kappa shape index (κ3) is 7.61. The van der Waals surface area contributed by atoms with Gasteiger partial charge in [-0.2, -0.15) is 11.8 Å². The van der Waals surface area contributed by atoms with Gasteiger partial charge in [0.1, 0.15) is 12.6 Å². The summed E-state index contributed by atoms with van der Waals surface area (Å²) < 4.78 is 0. The maximum absolute atomic E-state index is 12.6. The lowest BCUT2D eigenvalue weighted by Gasteiger charge is -2.20. The number of H-pyrrole nitrogens is 1. The fourth-order valence-corrected chi connectivity index (χ4v) is 3.41. The highest BCUT2D eigenvalue weighted by Crippen LogP contribution is 2.18. The summed E-state index contributed by atoms with van der Waals surface area (Å²) in [5.41, 5.74) is 7.93. The van der Waals surface area contributed by atoms with Crippen LogP contribution in [0.1, 0.15) is 12.0 Å². The van der Waals surface area contributed by atoms with Gasteiger partial charge in [0, 0.05) is 17.1 Å². The van der Waals surface area contributed by atoms with Crippen LogP contribution >= 0.6 is 11.8 Å². The Kier molecular flexibility index (Phi) is 9.35. The van der Waals surface area contributed by atoms with Gasteiger partial charge in [-0.3, -0.25) is 19.2 Å². The normalized spacial score (nSPS) is 12.7. The predicted molar refractivity (Wildman–Crippen MR) is 119 cm³/mol. The Labute approximate surface area is 183 Å². The van der Waals surface area contributed by atoms with Crippen LogP contribution in [-0.4, -0.2) is 71.0 Å². The summed E-state index contributed by atoms with van der Waals surface area (Å²) in [5.74, 6) is -2.22. The van der Waals surface area contributed by atoms with Crippen molar-refractivity contribution in [3.8, 4) is 0 Å². The van der Waals surface area contributed by atoms with E-state index in [1.54, 1.807) is 0 Å². The van der Waals surface area contributed by atoms with Crippen LogP contribution in [0.3, 0.4) is 0 Å². The van der Waals surface area contributed by atoms with Crippen LogP contribution in [-0.2, 0) is 25.6 Å². The Balaban J connectivity index is 1.93. The van der Waals surface area contributed by atoms with Crippen molar-refractivity contribution >= 4 is 46.4 Å². The lowest BCUT2D eigenvalue weighted by molar-refractivity contribution is -0.138. The molecular formula is C20H27N5O5S. The summed E-state index contributed by atoms with van der Waals surface area (Å²) in [4.78, 5) is 50.3. The van der Waals surface area contributed by atoms with E-state index in [1.165, 1.54) is 11.8 Å². The van der Waals surface area contributed by atoms with E-state index < -0.39 is 42.3 Å². The third-order valence-electron chi connectivity index (χ3n) is 4.56. The molecular weight excluding hydrogens is 422 g/mol. The number of carboxylic acid groups (broad SMARTS) is 1. The molecule has 10 nitrogen and oxygen atoms in total. The van der Waals surface area contributed by atoms with E-state index in [9.17, 15) is 19.2 Å². The molecule has 168 valence electrons. The molecule has 2 rings (SSSR count). The Morgan fingerprint density at radius 1 is 1.13 bits per heavy atom. The van der Waals surface area contributed by atoms with Gasteiger partial charge in [0.15, 0.2) is 0 Å². The molecule has 0 radical (unpaired) electrons.